The molecular formula is C14H10ClFO2. The summed E-state index contributed by atoms with van der Waals surface area (Å²) in [6, 6.07) is 10.9. The number of halogens is 2. The molecule has 18 heavy (non-hydrogen) atoms. The van der Waals surface area contributed by atoms with Crippen LogP contribution in [0.2, 0.25) is 5.02 Å². The van der Waals surface area contributed by atoms with E-state index in [2.05, 4.69) is 0 Å². The van der Waals surface area contributed by atoms with Crippen molar-refractivity contribution in [3.05, 3.63) is 64.4 Å². The van der Waals surface area contributed by atoms with Gasteiger partial charge in [0, 0.05) is 0 Å². The molecule has 0 aliphatic carbocycles. The Bertz CT molecular complexity index is 579. The fourth-order valence-electron chi connectivity index (χ4n) is 1.41. The first-order valence-corrected chi connectivity index (χ1v) is 5.68. The van der Waals surface area contributed by atoms with Crippen LogP contribution in [0.3, 0.4) is 0 Å². The molecule has 2 rings (SSSR count). The minimum Gasteiger partial charge on any atom is -0.421 e. The van der Waals surface area contributed by atoms with Gasteiger partial charge in [-0.15, -0.1) is 0 Å². The molecule has 0 atom stereocenters. The Morgan fingerprint density at radius 1 is 1.17 bits per heavy atom. The summed E-state index contributed by atoms with van der Waals surface area (Å²) in [5.74, 6) is -1.17. The topological polar surface area (TPSA) is 26.3 Å². The maximum atomic E-state index is 13.2. The van der Waals surface area contributed by atoms with Crippen LogP contribution in [0.1, 0.15) is 15.9 Å². The van der Waals surface area contributed by atoms with Crippen molar-refractivity contribution in [2.45, 2.75) is 6.92 Å². The number of hydrogen-bond acceptors (Lipinski definition) is 2. The minimum absolute atomic E-state index is 0.0160. The van der Waals surface area contributed by atoms with E-state index in [0.717, 1.165) is 5.56 Å². The zero-order valence-electron chi connectivity index (χ0n) is 9.61. The second-order valence-corrected chi connectivity index (χ2v) is 4.19. The van der Waals surface area contributed by atoms with Gasteiger partial charge < -0.3 is 4.74 Å². The second kappa shape index (κ2) is 5.19. The Kier molecular flexibility index (Phi) is 3.63. The third-order valence-corrected chi connectivity index (χ3v) is 2.77. The maximum absolute atomic E-state index is 13.2. The van der Waals surface area contributed by atoms with Gasteiger partial charge in [-0.1, -0.05) is 35.4 Å². The Morgan fingerprint density at radius 3 is 2.50 bits per heavy atom. The monoisotopic (exact) mass is 264 g/mol. The third-order valence-electron chi connectivity index (χ3n) is 2.41. The molecule has 0 fully saturated rings. The van der Waals surface area contributed by atoms with Gasteiger partial charge in [0.25, 0.3) is 0 Å². The standard InChI is InChI=1S/C14H10ClFO2/c1-9-5-7-10(8-6-9)14(17)18-12-4-2-3-11(16)13(12)15/h2-8H,1H3. The first-order chi connectivity index (χ1) is 8.58. The molecule has 0 spiro atoms. The van der Waals surface area contributed by atoms with E-state index >= 15 is 0 Å². The summed E-state index contributed by atoms with van der Waals surface area (Å²) >= 11 is 5.70. The average molecular weight is 265 g/mol. The summed E-state index contributed by atoms with van der Waals surface area (Å²) < 4.78 is 18.2. The summed E-state index contributed by atoms with van der Waals surface area (Å²) in [5.41, 5.74) is 1.43. The van der Waals surface area contributed by atoms with Crippen molar-refractivity contribution in [1.29, 1.82) is 0 Å². The molecule has 0 bridgehead atoms. The SMILES string of the molecule is Cc1ccc(C(=O)Oc2cccc(F)c2Cl)cc1. The molecule has 0 aliphatic heterocycles. The Hall–Kier alpha value is -1.87. The van der Waals surface area contributed by atoms with Gasteiger partial charge in [-0.2, -0.15) is 0 Å². The van der Waals surface area contributed by atoms with E-state index < -0.39 is 11.8 Å². The van der Waals surface area contributed by atoms with Crippen LogP contribution in [0, 0.1) is 12.7 Å². The molecule has 0 saturated carbocycles. The van der Waals surface area contributed by atoms with Gasteiger partial charge in [0.15, 0.2) is 5.75 Å². The van der Waals surface area contributed by atoms with Crippen molar-refractivity contribution in [2.24, 2.45) is 0 Å². The molecule has 2 nitrogen and oxygen atoms in total. The summed E-state index contributed by atoms with van der Waals surface area (Å²) in [4.78, 5) is 11.8. The number of hydrogen-bond donors (Lipinski definition) is 0. The molecule has 0 unspecified atom stereocenters. The highest BCUT2D eigenvalue weighted by Crippen LogP contribution is 2.27. The number of rotatable bonds is 2. The first kappa shape index (κ1) is 12.6. The molecule has 0 saturated heterocycles. The zero-order valence-corrected chi connectivity index (χ0v) is 10.4. The number of carbonyl (C=O) groups is 1. The van der Waals surface area contributed by atoms with Crippen molar-refractivity contribution in [3.63, 3.8) is 0 Å². The van der Waals surface area contributed by atoms with Gasteiger partial charge in [-0.05, 0) is 31.2 Å². The fourth-order valence-corrected chi connectivity index (χ4v) is 1.58. The zero-order chi connectivity index (χ0) is 13.1. The summed E-state index contributed by atoms with van der Waals surface area (Å²) in [5, 5.41) is -0.196. The van der Waals surface area contributed by atoms with Crippen LogP contribution in [-0.2, 0) is 0 Å². The van der Waals surface area contributed by atoms with Crippen LogP contribution >= 0.6 is 11.6 Å². The lowest BCUT2D eigenvalue weighted by Crippen LogP contribution is -2.08. The summed E-state index contributed by atoms with van der Waals surface area (Å²) in [6.07, 6.45) is 0. The van der Waals surface area contributed by atoms with Gasteiger partial charge in [0.2, 0.25) is 0 Å². The van der Waals surface area contributed by atoms with E-state index in [1.54, 1.807) is 24.3 Å². The molecule has 4 heteroatoms. The third kappa shape index (κ3) is 2.68. The van der Waals surface area contributed by atoms with E-state index in [-0.39, 0.29) is 10.8 Å². The predicted octanol–water partition coefficient (Wildman–Crippen LogP) is 4.01. The highest BCUT2D eigenvalue weighted by molar-refractivity contribution is 6.32. The number of carbonyl (C=O) groups excluding carboxylic acids is 1. The second-order valence-electron chi connectivity index (χ2n) is 3.81. The van der Waals surface area contributed by atoms with Crippen molar-refractivity contribution < 1.29 is 13.9 Å². The summed E-state index contributed by atoms with van der Waals surface area (Å²) in [6.45, 7) is 1.92. The van der Waals surface area contributed by atoms with E-state index in [0.29, 0.717) is 5.56 Å². The summed E-state index contributed by atoms with van der Waals surface area (Å²) in [7, 11) is 0. The molecule has 2 aromatic rings. The van der Waals surface area contributed by atoms with Crippen molar-refractivity contribution in [1.82, 2.24) is 0 Å². The van der Waals surface area contributed by atoms with Gasteiger partial charge >= 0.3 is 5.97 Å². The number of benzene rings is 2. The predicted molar refractivity (Wildman–Crippen MR) is 67.5 cm³/mol. The van der Waals surface area contributed by atoms with Gasteiger partial charge in [-0.25, -0.2) is 9.18 Å². The molecule has 92 valence electrons. The van der Waals surface area contributed by atoms with Crippen LogP contribution in [0.4, 0.5) is 4.39 Å². The largest absolute Gasteiger partial charge is 0.421 e. The van der Waals surface area contributed by atoms with E-state index in [1.165, 1.54) is 18.2 Å². The Balaban J connectivity index is 2.21. The highest BCUT2D eigenvalue weighted by atomic mass is 35.5. The minimum atomic E-state index is -0.620. The van der Waals surface area contributed by atoms with Crippen LogP contribution in [-0.4, -0.2) is 5.97 Å². The van der Waals surface area contributed by atoms with E-state index in [1.807, 2.05) is 6.92 Å². The van der Waals surface area contributed by atoms with E-state index in [4.69, 9.17) is 16.3 Å². The Morgan fingerprint density at radius 2 is 1.83 bits per heavy atom. The van der Waals surface area contributed by atoms with Crippen molar-refractivity contribution in [2.75, 3.05) is 0 Å². The Labute approximate surface area is 109 Å². The molecule has 2 aromatic carbocycles. The van der Waals surface area contributed by atoms with Crippen LogP contribution in [0.15, 0.2) is 42.5 Å². The lowest BCUT2D eigenvalue weighted by Gasteiger charge is -2.06. The molecule has 0 heterocycles. The number of esters is 1. The van der Waals surface area contributed by atoms with Crippen LogP contribution < -0.4 is 4.74 Å². The molecule has 0 N–H and O–H groups in total. The van der Waals surface area contributed by atoms with Crippen molar-refractivity contribution >= 4 is 17.6 Å². The highest BCUT2D eigenvalue weighted by Gasteiger charge is 2.12. The molecular weight excluding hydrogens is 255 g/mol. The fraction of sp³-hybridized carbons (Fsp3) is 0.0714. The quantitative estimate of drug-likeness (QED) is 0.605. The van der Waals surface area contributed by atoms with Gasteiger partial charge in [-0.3, -0.25) is 0 Å². The van der Waals surface area contributed by atoms with Crippen molar-refractivity contribution in [3.8, 4) is 5.75 Å². The number of aryl methyl sites for hydroxylation is 1. The average Bonchev–Trinajstić information content (AvgIpc) is 2.36. The molecule has 0 aliphatic rings. The molecule has 0 aromatic heterocycles. The molecule has 0 amide bonds. The molecule has 0 radical (unpaired) electrons. The van der Waals surface area contributed by atoms with Gasteiger partial charge in [0.1, 0.15) is 10.8 Å². The first-order valence-electron chi connectivity index (χ1n) is 5.31. The van der Waals surface area contributed by atoms with Crippen LogP contribution in [0.5, 0.6) is 5.75 Å². The lowest BCUT2D eigenvalue weighted by molar-refractivity contribution is 0.0734. The van der Waals surface area contributed by atoms with Gasteiger partial charge in [0.05, 0.1) is 5.56 Å². The smallest absolute Gasteiger partial charge is 0.343 e. The number of ether oxygens (including phenoxy) is 1. The maximum Gasteiger partial charge on any atom is 0.343 e. The normalized spacial score (nSPS) is 10.2. The van der Waals surface area contributed by atoms with E-state index in [9.17, 15) is 9.18 Å². The van der Waals surface area contributed by atoms with Crippen LogP contribution in [0.25, 0.3) is 0 Å². The lowest BCUT2D eigenvalue weighted by atomic mass is 10.1.